The van der Waals surface area contributed by atoms with Crippen LogP contribution in [0.15, 0.2) is 0 Å². The summed E-state index contributed by atoms with van der Waals surface area (Å²) in [6.45, 7) is 0. The van der Waals surface area contributed by atoms with Crippen LogP contribution in [0.2, 0.25) is 0 Å². The van der Waals surface area contributed by atoms with Gasteiger partial charge >= 0.3 is 0 Å². The van der Waals surface area contributed by atoms with Gasteiger partial charge in [-0.15, -0.1) is 0 Å². The molecular formula is C8H14N2O3S. The maximum absolute atomic E-state index is 11.4. The van der Waals surface area contributed by atoms with Gasteiger partial charge in [0.05, 0.1) is 11.3 Å². The normalized spacial score (nSPS) is 36.9. The van der Waals surface area contributed by atoms with Crippen molar-refractivity contribution in [2.45, 2.75) is 31.2 Å². The standard InChI is InChI=1S/C8H14N2O3S/c9-14(12,13)5-8-3-1-2-6(4-8)7(11)10-8/h6H,1-5H2,(H,10,11)(H2,9,12,13). The van der Waals surface area contributed by atoms with Crippen LogP contribution in [0.1, 0.15) is 25.7 Å². The quantitative estimate of drug-likeness (QED) is 0.644. The van der Waals surface area contributed by atoms with Gasteiger partial charge in [0, 0.05) is 5.92 Å². The predicted molar refractivity (Wildman–Crippen MR) is 50.8 cm³/mol. The number of sulfonamides is 1. The lowest BCUT2D eigenvalue weighted by Gasteiger charge is -2.30. The van der Waals surface area contributed by atoms with Crippen LogP contribution < -0.4 is 10.5 Å². The summed E-state index contributed by atoms with van der Waals surface area (Å²) >= 11 is 0. The van der Waals surface area contributed by atoms with E-state index in [4.69, 9.17) is 5.14 Å². The van der Waals surface area contributed by atoms with Crippen molar-refractivity contribution in [2.75, 3.05) is 5.75 Å². The van der Waals surface area contributed by atoms with Crippen molar-refractivity contribution in [3.8, 4) is 0 Å². The summed E-state index contributed by atoms with van der Waals surface area (Å²) in [6, 6.07) is 0. The first kappa shape index (κ1) is 9.92. The average molecular weight is 218 g/mol. The molecule has 1 heterocycles. The van der Waals surface area contributed by atoms with E-state index in [2.05, 4.69) is 5.32 Å². The highest BCUT2D eigenvalue weighted by atomic mass is 32.2. The molecule has 2 atom stereocenters. The monoisotopic (exact) mass is 218 g/mol. The Morgan fingerprint density at radius 3 is 2.93 bits per heavy atom. The van der Waals surface area contributed by atoms with Gasteiger partial charge in [-0.05, 0) is 19.3 Å². The molecule has 1 aliphatic heterocycles. The number of rotatable bonds is 2. The highest BCUT2D eigenvalue weighted by Gasteiger charge is 2.48. The van der Waals surface area contributed by atoms with E-state index in [1.807, 2.05) is 0 Å². The number of primary sulfonamides is 1. The average Bonchev–Trinajstić information content (AvgIpc) is 2.19. The molecule has 0 spiro atoms. The van der Waals surface area contributed by atoms with Crippen LogP contribution >= 0.6 is 0 Å². The van der Waals surface area contributed by atoms with Gasteiger partial charge in [0.2, 0.25) is 15.9 Å². The Kier molecular flexibility index (Phi) is 2.08. The van der Waals surface area contributed by atoms with E-state index >= 15 is 0 Å². The molecule has 14 heavy (non-hydrogen) atoms. The molecule has 5 nitrogen and oxygen atoms in total. The van der Waals surface area contributed by atoms with Gasteiger partial charge in [0.1, 0.15) is 0 Å². The van der Waals surface area contributed by atoms with Gasteiger partial charge in [-0.2, -0.15) is 0 Å². The molecule has 1 saturated carbocycles. The van der Waals surface area contributed by atoms with Gasteiger partial charge in [0.15, 0.2) is 0 Å². The predicted octanol–water partition coefficient (Wildman–Crippen LogP) is -0.666. The minimum atomic E-state index is -3.51. The first-order valence-electron chi connectivity index (χ1n) is 4.73. The molecule has 2 fully saturated rings. The lowest BCUT2D eigenvalue weighted by molar-refractivity contribution is -0.122. The van der Waals surface area contributed by atoms with Gasteiger partial charge in [-0.1, -0.05) is 6.42 Å². The molecule has 1 aliphatic carbocycles. The van der Waals surface area contributed by atoms with E-state index in [9.17, 15) is 13.2 Å². The van der Waals surface area contributed by atoms with Crippen molar-refractivity contribution < 1.29 is 13.2 Å². The van der Waals surface area contributed by atoms with Crippen LogP contribution in [-0.2, 0) is 14.8 Å². The van der Waals surface area contributed by atoms with Gasteiger partial charge in [0.25, 0.3) is 0 Å². The minimum Gasteiger partial charge on any atom is -0.349 e. The van der Waals surface area contributed by atoms with Crippen LogP contribution in [0, 0.1) is 5.92 Å². The van der Waals surface area contributed by atoms with Crippen LogP contribution in [0.5, 0.6) is 0 Å². The highest BCUT2D eigenvalue weighted by molar-refractivity contribution is 7.89. The maximum atomic E-state index is 11.4. The second-order valence-electron chi connectivity index (χ2n) is 4.37. The third-order valence-corrected chi connectivity index (χ3v) is 4.04. The van der Waals surface area contributed by atoms with Crippen LogP contribution in [0.3, 0.4) is 0 Å². The Balaban J connectivity index is 2.21. The summed E-state index contributed by atoms with van der Waals surface area (Å²) in [5.41, 5.74) is -0.562. The number of carbonyl (C=O) groups is 1. The molecule has 0 radical (unpaired) electrons. The number of amides is 1. The van der Waals surface area contributed by atoms with E-state index in [1.54, 1.807) is 0 Å². The Labute approximate surface area is 83.1 Å². The molecule has 2 unspecified atom stereocenters. The van der Waals surface area contributed by atoms with Gasteiger partial charge in [-0.25, -0.2) is 13.6 Å². The minimum absolute atomic E-state index is 0.00509. The first-order chi connectivity index (χ1) is 6.40. The van der Waals surface area contributed by atoms with E-state index in [0.29, 0.717) is 6.42 Å². The number of nitrogens with two attached hydrogens (primary N) is 1. The zero-order valence-electron chi connectivity index (χ0n) is 7.82. The number of fused-ring (bicyclic) bond motifs is 2. The zero-order valence-corrected chi connectivity index (χ0v) is 8.64. The number of nitrogens with one attached hydrogen (secondary N) is 1. The molecule has 0 aromatic heterocycles. The van der Waals surface area contributed by atoms with Crippen LogP contribution in [-0.4, -0.2) is 25.6 Å². The van der Waals surface area contributed by atoms with E-state index in [1.165, 1.54) is 0 Å². The lowest BCUT2D eigenvalue weighted by atomic mass is 9.81. The van der Waals surface area contributed by atoms with Crippen molar-refractivity contribution in [2.24, 2.45) is 11.1 Å². The summed E-state index contributed by atoms with van der Waals surface area (Å²) < 4.78 is 22.0. The summed E-state index contributed by atoms with van der Waals surface area (Å²) in [7, 11) is -3.51. The Hall–Kier alpha value is -0.620. The fourth-order valence-corrected chi connectivity index (χ4v) is 3.72. The van der Waals surface area contributed by atoms with Crippen LogP contribution in [0.25, 0.3) is 0 Å². The fourth-order valence-electron chi connectivity index (χ4n) is 2.62. The Morgan fingerprint density at radius 1 is 1.57 bits per heavy atom. The third-order valence-electron chi connectivity index (χ3n) is 3.08. The van der Waals surface area contributed by atoms with Gasteiger partial charge < -0.3 is 5.32 Å². The summed E-state index contributed by atoms with van der Waals surface area (Å²) in [5, 5.41) is 7.80. The van der Waals surface area contributed by atoms with Crippen molar-refractivity contribution >= 4 is 15.9 Å². The largest absolute Gasteiger partial charge is 0.349 e. The summed E-state index contributed by atoms with van der Waals surface area (Å²) in [5.74, 6) is -0.126. The zero-order chi connectivity index (χ0) is 10.4. The first-order valence-corrected chi connectivity index (χ1v) is 6.44. The maximum Gasteiger partial charge on any atom is 0.223 e. The molecule has 0 aromatic carbocycles. The van der Waals surface area contributed by atoms with E-state index < -0.39 is 15.6 Å². The number of hydrogen-bond acceptors (Lipinski definition) is 3. The highest BCUT2D eigenvalue weighted by Crippen LogP contribution is 2.38. The summed E-state index contributed by atoms with van der Waals surface area (Å²) in [4.78, 5) is 11.4. The fraction of sp³-hybridized carbons (Fsp3) is 0.875. The van der Waals surface area contributed by atoms with Crippen molar-refractivity contribution in [1.29, 1.82) is 0 Å². The molecular weight excluding hydrogens is 204 g/mol. The molecule has 6 heteroatoms. The van der Waals surface area contributed by atoms with Gasteiger partial charge in [-0.3, -0.25) is 4.79 Å². The molecule has 2 bridgehead atoms. The van der Waals surface area contributed by atoms with E-state index in [-0.39, 0.29) is 17.6 Å². The summed E-state index contributed by atoms with van der Waals surface area (Å²) in [6.07, 6.45) is 3.13. The second kappa shape index (κ2) is 2.93. The molecule has 1 saturated heterocycles. The molecule has 3 N–H and O–H groups in total. The van der Waals surface area contributed by atoms with Crippen LogP contribution in [0.4, 0.5) is 0 Å². The number of carbonyl (C=O) groups excluding carboxylic acids is 1. The Bertz CT molecular complexity index is 365. The van der Waals surface area contributed by atoms with Crippen molar-refractivity contribution in [1.82, 2.24) is 5.32 Å². The topological polar surface area (TPSA) is 89.3 Å². The lowest BCUT2D eigenvalue weighted by Crippen LogP contribution is -2.48. The molecule has 1 amide bonds. The third kappa shape index (κ3) is 1.76. The SMILES string of the molecule is NS(=O)(=O)CC12CCCC(C1)C(=O)N2. The molecule has 2 rings (SSSR count). The molecule has 2 aliphatic rings. The smallest absolute Gasteiger partial charge is 0.223 e. The molecule has 0 aromatic rings. The number of hydrogen-bond donors (Lipinski definition) is 2. The van der Waals surface area contributed by atoms with Crippen molar-refractivity contribution in [3.05, 3.63) is 0 Å². The van der Waals surface area contributed by atoms with E-state index in [0.717, 1.165) is 19.3 Å². The second-order valence-corrected chi connectivity index (χ2v) is 5.98. The molecule has 80 valence electrons. The van der Waals surface area contributed by atoms with Crippen molar-refractivity contribution in [3.63, 3.8) is 0 Å². The Morgan fingerprint density at radius 2 is 2.29 bits per heavy atom.